The summed E-state index contributed by atoms with van der Waals surface area (Å²) in [6.07, 6.45) is 2.55. The minimum atomic E-state index is 0.0376. The van der Waals surface area contributed by atoms with Gasteiger partial charge in [-0.3, -0.25) is 4.79 Å². The molecule has 1 aliphatic heterocycles. The van der Waals surface area contributed by atoms with Gasteiger partial charge in [-0.2, -0.15) is 0 Å². The normalized spacial score (nSPS) is 15.7. The smallest absolute Gasteiger partial charge is 0.223 e. The van der Waals surface area contributed by atoms with Gasteiger partial charge in [0.2, 0.25) is 5.91 Å². The molecular weight excluding hydrogens is 276 g/mol. The Hall–Kier alpha value is -2.17. The van der Waals surface area contributed by atoms with Gasteiger partial charge in [0.1, 0.15) is 5.69 Å². The van der Waals surface area contributed by atoms with E-state index in [1.54, 1.807) is 0 Å². The van der Waals surface area contributed by atoms with Crippen molar-refractivity contribution < 1.29 is 4.79 Å². The van der Waals surface area contributed by atoms with Crippen LogP contribution in [0.2, 0.25) is 0 Å². The van der Waals surface area contributed by atoms with E-state index in [9.17, 15) is 4.79 Å². The summed E-state index contributed by atoms with van der Waals surface area (Å²) in [7, 11) is 0. The van der Waals surface area contributed by atoms with Crippen LogP contribution in [0.1, 0.15) is 33.2 Å². The van der Waals surface area contributed by atoms with Gasteiger partial charge < -0.3 is 4.90 Å². The average Bonchev–Trinajstić information content (AvgIpc) is 2.85. The SMILES string of the molecule is CC(C)(C)CC(=O)N1CC(n2cc(-c3ccccc3)nn2)C1. The maximum absolute atomic E-state index is 12.1. The van der Waals surface area contributed by atoms with Crippen LogP contribution in [0.4, 0.5) is 0 Å². The van der Waals surface area contributed by atoms with E-state index in [2.05, 4.69) is 31.1 Å². The number of carbonyl (C=O) groups excluding carboxylic acids is 1. The van der Waals surface area contributed by atoms with Crippen molar-refractivity contribution in [2.24, 2.45) is 5.41 Å². The lowest BCUT2D eigenvalue weighted by Crippen LogP contribution is -2.51. The lowest BCUT2D eigenvalue weighted by atomic mass is 9.91. The number of carbonyl (C=O) groups is 1. The molecule has 2 aromatic rings. The molecule has 22 heavy (non-hydrogen) atoms. The van der Waals surface area contributed by atoms with E-state index in [1.165, 1.54) is 0 Å². The van der Waals surface area contributed by atoms with Crippen LogP contribution >= 0.6 is 0 Å². The standard InChI is InChI=1S/C17H22N4O/c1-17(2,3)9-16(22)20-10-14(11-20)21-12-15(18-19-21)13-7-5-4-6-8-13/h4-8,12,14H,9-11H2,1-3H3. The molecule has 0 bridgehead atoms. The fourth-order valence-electron chi connectivity index (χ4n) is 2.59. The van der Waals surface area contributed by atoms with Crippen molar-refractivity contribution in [3.05, 3.63) is 36.5 Å². The predicted octanol–water partition coefficient (Wildman–Crippen LogP) is 2.76. The van der Waals surface area contributed by atoms with Crippen molar-refractivity contribution in [2.45, 2.75) is 33.2 Å². The van der Waals surface area contributed by atoms with Gasteiger partial charge >= 0.3 is 0 Å². The summed E-state index contributed by atoms with van der Waals surface area (Å²) in [4.78, 5) is 14.0. The third-order valence-electron chi connectivity index (χ3n) is 3.85. The average molecular weight is 298 g/mol. The lowest BCUT2D eigenvalue weighted by Gasteiger charge is -2.40. The van der Waals surface area contributed by atoms with Crippen LogP contribution in [0.3, 0.4) is 0 Å². The van der Waals surface area contributed by atoms with Gasteiger partial charge in [-0.25, -0.2) is 4.68 Å². The minimum Gasteiger partial charge on any atom is -0.338 e. The summed E-state index contributed by atoms with van der Waals surface area (Å²) >= 11 is 0. The second kappa shape index (κ2) is 5.55. The molecule has 1 aromatic carbocycles. The molecule has 0 atom stereocenters. The fraction of sp³-hybridized carbons (Fsp3) is 0.471. The zero-order chi connectivity index (χ0) is 15.7. The van der Waals surface area contributed by atoms with E-state index in [4.69, 9.17) is 0 Å². The Morgan fingerprint density at radius 1 is 1.23 bits per heavy atom. The van der Waals surface area contributed by atoms with Crippen molar-refractivity contribution >= 4 is 5.91 Å². The number of rotatable bonds is 3. The van der Waals surface area contributed by atoms with Crippen LogP contribution in [0.15, 0.2) is 36.5 Å². The summed E-state index contributed by atoms with van der Waals surface area (Å²) in [5, 5.41) is 8.44. The lowest BCUT2D eigenvalue weighted by molar-refractivity contribution is -0.139. The molecule has 0 aliphatic carbocycles. The molecule has 1 aliphatic rings. The Bertz CT molecular complexity index is 651. The number of hydrogen-bond acceptors (Lipinski definition) is 3. The van der Waals surface area contributed by atoms with Crippen LogP contribution in [-0.4, -0.2) is 38.9 Å². The highest BCUT2D eigenvalue weighted by Gasteiger charge is 2.34. The van der Waals surface area contributed by atoms with E-state index >= 15 is 0 Å². The fourth-order valence-corrected chi connectivity index (χ4v) is 2.59. The van der Waals surface area contributed by atoms with Gasteiger partial charge in [0.15, 0.2) is 0 Å². The van der Waals surface area contributed by atoms with E-state index in [1.807, 2.05) is 46.1 Å². The van der Waals surface area contributed by atoms with Crippen molar-refractivity contribution in [3.8, 4) is 11.3 Å². The molecule has 1 saturated heterocycles. The van der Waals surface area contributed by atoms with Crippen LogP contribution in [0.5, 0.6) is 0 Å². The van der Waals surface area contributed by atoms with Crippen molar-refractivity contribution in [2.75, 3.05) is 13.1 Å². The first-order valence-electron chi connectivity index (χ1n) is 7.67. The van der Waals surface area contributed by atoms with Crippen LogP contribution in [-0.2, 0) is 4.79 Å². The molecule has 0 unspecified atom stereocenters. The Kier molecular flexibility index (Phi) is 3.72. The Labute approximate surface area is 130 Å². The summed E-state index contributed by atoms with van der Waals surface area (Å²) in [5.74, 6) is 0.229. The molecule has 5 heteroatoms. The summed E-state index contributed by atoms with van der Waals surface area (Å²) in [6, 6.07) is 10.3. The quantitative estimate of drug-likeness (QED) is 0.875. The van der Waals surface area contributed by atoms with Crippen LogP contribution < -0.4 is 0 Å². The molecule has 2 heterocycles. The number of hydrogen-bond donors (Lipinski definition) is 0. The number of aromatic nitrogens is 3. The first-order valence-corrected chi connectivity index (χ1v) is 7.67. The molecule has 1 amide bonds. The van der Waals surface area contributed by atoms with Crippen molar-refractivity contribution in [1.29, 1.82) is 0 Å². The maximum atomic E-state index is 12.1. The highest BCUT2D eigenvalue weighted by Crippen LogP contribution is 2.27. The summed E-state index contributed by atoms with van der Waals surface area (Å²) < 4.78 is 1.88. The topological polar surface area (TPSA) is 51.0 Å². The second-order valence-corrected chi connectivity index (χ2v) is 7.14. The van der Waals surface area contributed by atoms with E-state index in [0.717, 1.165) is 24.3 Å². The molecule has 116 valence electrons. The maximum Gasteiger partial charge on any atom is 0.223 e. The van der Waals surface area contributed by atoms with Gasteiger partial charge in [0, 0.05) is 25.1 Å². The van der Waals surface area contributed by atoms with Crippen molar-refractivity contribution in [3.63, 3.8) is 0 Å². The van der Waals surface area contributed by atoms with Gasteiger partial charge in [-0.1, -0.05) is 56.3 Å². The van der Waals surface area contributed by atoms with Gasteiger partial charge in [-0.05, 0) is 5.41 Å². The number of nitrogens with zero attached hydrogens (tertiary/aromatic N) is 4. The largest absolute Gasteiger partial charge is 0.338 e. The monoisotopic (exact) mass is 298 g/mol. The molecule has 0 N–H and O–H groups in total. The highest BCUT2D eigenvalue weighted by molar-refractivity contribution is 5.77. The molecule has 1 aromatic heterocycles. The second-order valence-electron chi connectivity index (χ2n) is 7.14. The zero-order valence-corrected chi connectivity index (χ0v) is 13.4. The molecule has 5 nitrogen and oxygen atoms in total. The van der Waals surface area contributed by atoms with E-state index in [-0.39, 0.29) is 17.4 Å². The van der Waals surface area contributed by atoms with E-state index in [0.29, 0.717) is 6.42 Å². The molecule has 0 saturated carbocycles. The molecule has 0 radical (unpaired) electrons. The highest BCUT2D eigenvalue weighted by atomic mass is 16.2. The summed E-state index contributed by atoms with van der Waals surface area (Å²) in [5.41, 5.74) is 1.98. The molecular formula is C17H22N4O. The molecule has 0 spiro atoms. The zero-order valence-electron chi connectivity index (χ0n) is 13.4. The van der Waals surface area contributed by atoms with Gasteiger partial charge in [0.25, 0.3) is 0 Å². The summed E-state index contributed by atoms with van der Waals surface area (Å²) in [6.45, 7) is 7.72. The third kappa shape index (κ3) is 3.18. The Balaban J connectivity index is 1.60. The predicted molar refractivity (Wildman–Crippen MR) is 85.1 cm³/mol. The number of likely N-dealkylation sites (tertiary alicyclic amines) is 1. The number of amides is 1. The van der Waals surface area contributed by atoms with Gasteiger partial charge in [-0.15, -0.1) is 5.10 Å². The Morgan fingerprint density at radius 3 is 2.55 bits per heavy atom. The first-order chi connectivity index (χ1) is 10.4. The number of benzene rings is 1. The Morgan fingerprint density at radius 2 is 1.91 bits per heavy atom. The third-order valence-corrected chi connectivity index (χ3v) is 3.85. The molecule has 3 rings (SSSR count). The first kappa shape index (κ1) is 14.8. The van der Waals surface area contributed by atoms with Crippen LogP contribution in [0, 0.1) is 5.41 Å². The van der Waals surface area contributed by atoms with Crippen molar-refractivity contribution in [1.82, 2.24) is 19.9 Å². The van der Waals surface area contributed by atoms with E-state index < -0.39 is 0 Å². The molecule has 1 fully saturated rings. The van der Waals surface area contributed by atoms with Crippen LogP contribution in [0.25, 0.3) is 11.3 Å². The minimum absolute atomic E-state index is 0.0376. The van der Waals surface area contributed by atoms with Gasteiger partial charge in [0.05, 0.1) is 12.2 Å².